The van der Waals surface area contributed by atoms with Crippen molar-refractivity contribution in [1.29, 1.82) is 0 Å². The second-order valence-electron chi connectivity index (χ2n) is 7.53. The molecule has 0 spiro atoms. The van der Waals surface area contributed by atoms with Crippen molar-refractivity contribution in [2.75, 3.05) is 0 Å². The molecule has 0 amide bonds. The molecule has 25 heavy (non-hydrogen) atoms. The highest BCUT2D eigenvalue weighted by Crippen LogP contribution is 2.34. The summed E-state index contributed by atoms with van der Waals surface area (Å²) >= 11 is 0. The molecule has 1 aliphatic rings. The average molecular weight is 352 g/mol. The van der Waals surface area contributed by atoms with Crippen molar-refractivity contribution in [3.8, 4) is 0 Å². The van der Waals surface area contributed by atoms with Gasteiger partial charge in [0, 0.05) is 0 Å². The third-order valence-electron chi connectivity index (χ3n) is 5.61. The van der Waals surface area contributed by atoms with Crippen LogP contribution in [0.4, 0.5) is 13.2 Å². The van der Waals surface area contributed by atoms with Gasteiger partial charge in [-0.15, -0.1) is 0 Å². The lowest BCUT2D eigenvalue weighted by Gasteiger charge is -2.28. The van der Waals surface area contributed by atoms with Crippen molar-refractivity contribution < 1.29 is 13.2 Å². The van der Waals surface area contributed by atoms with Crippen LogP contribution in [0.1, 0.15) is 76.2 Å². The SMILES string of the molecule is FC=CCCCCCCC1CCC(CCc2ccc(F)c(F)c2)CC1. The molecule has 1 aromatic carbocycles. The minimum atomic E-state index is -0.761. The Morgan fingerprint density at radius 3 is 2.20 bits per heavy atom. The summed E-state index contributed by atoms with van der Waals surface area (Å²) in [5.74, 6) is 0.104. The van der Waals surface area contributed by atoms with E-state index >= 15 is 0 Å². The van der Waals surface area contributed by atoms with E-state index in [-0.39, 0.29) is 0 Å². The molecule has 3 heteroatoms. The fourth-order valence-corrected chi connectivity index (χ4v) is 3.99. The molecule has 1 aromatic rings. The molecule has 0 atom stereocenters. The first-order valence-corrected chi connectivity index (χ1v) is 9.88. The normalized spacial score (nSPS) is 21.1. The van der Waals surface area contributed by atoms with Gasteiger partial charge in [-0.05, 0) is 55.2 Å². The smallest absolute Gasteiger partial charge is 0.159 e. The monoisotopic (exact) mass is 352 g/mol. The maximum absolute atomic E-state index is 13.2. The lowest BCUT2D eigenvalue weighted by Crippen LogP contribution is -2.15. The second-order valence-corrected chi connectivity index (χ2v) is 7.53. The van der Waals surface area contributed by atoms with Crippen LogP contribution in [0.2, 0.25) is 0 Å². The Hall–Kier alpha value is -1.25. The van der Waals surface area contributed by atoms with Crippen molar-refractivity contribution in [2.24, 2.45) is 11.8 Å². The standard InChI is InChI=1S/C22H31F3/c23-16-6-4-2-1-3-5-7-18-8-10-19(11-9-18)12-13-20-14-15-21(24)22(25)17-20/h6,14-19H,1-5,7-13H2. The molecule has 0 bridgehead atoms. The molecule has 1 aliphatic carbocycles. The average Bonchev–Trinajstić information content (AvgIpc) is 2.63. The first-order valence-electron chi connectivity index (χ1n) is 9.88. The maximum atomic E-state index is 13.2. The van der Waals surface area contributed by atoms with E-state index in [2.05, 4.69) is 0 Å². The Morgan fingerprint density at radius 1 is 0.840 bits per heavy atom. The van der Waals surface area contributed by atoms with E-state index in [1.807, 2.05) is 0 Å². The predicted molar refractivity (Wildman–Crippen MR) is 98.1 cm³/mol. The van der Waals surface area contributed by atoms with Crippen molar-refractivity contribution >= 4 is 0 Å². The summed E-state index contributed by atoms with van der Waals surface area (Å²) in [6.07, 6.45) is 16.4. The van der Waals surface area contributed by atoms with Crippen LogP contribution in [0.3, 0.4) is 0 Å². The lowest BCUT2D eigenvalue weighted by molar-refractivity contribution is 0.248. The molecule has 0 N–H and O–H groups in total. The van der Waals surface area contributed by atoms with Crippen LogP contribution in [0.5, 0.6) is 0 Å². The zero-order valence-electron chi connectivity index (χ0n) is 15.2. The van der Waals surface area contributed by atoms with Gasteiger partial charge in [0.25, 0.3) is 0 Å². The van der Waals surface area contributed by atoms with Crippen LogP contribution in [0.15, 0.2) is 30.6 Å². The molecule has 0 aliphatic heterocycles. The van der Waals surface area contributed by atoms with Crippen molar-refractivity contribution in [1.82, 2.24) is 0 Å². The van der Waals surface area contributed by atoms with Gasteiger partial charge in [0.2, 0.25) is 0 Å². The van der Waals surface area contributed by atoms with Crippen LogP contribution >= 0.6 is 0 Å². The number of allylic oxidation sites excluding steroid dienone is 1. The zero-order chi connectivity index (χ0) is 17.9. The first-order chi connectivity index (χ1) is 12.2. The van der Waals surface area contributed by atoms with Gasteiger partial charge in [-0.2, -0.15) is 0 Å². The zero-order valence-corrected chi connectivity index (χ0v) is 15.2. The van der Waals surface area contributed by atoms with Gasteiger partial charge in [-0.25, -0.2) is 13.2 Å². The summed E-state index contributed by atoms with van der Waals surface area (Å²) in [5, 5.41) is 0. The second kappa shape index (κ2) is 11.4. The minimum absolute atomic E-state index is 0.644. The third kappa shape index (κ3) is 7.66. The quantitative estimate of drug-likeness (QED) is 0.382. The van der Waals surface area contributed by atoms with E-state index in [1.165, 1.54) is 63.5 Å². The van der Waals surface area contributed by atoms with Crippen LogP contribution < -0.4 is 0 Å². The molecule has 140 valence electrons. The molecule has 0 unspecified atom stereocenters. The number of aryl methyl sites for hydroxylation is 1. The fraction of sp³-hybridized carbons (Fsp3) is 0.636. The van der Waals surface area contributed by atoms with Crippen molar-refractivity contribution in [3.63, 3.8) is 0 Å². The third-order valence-corrected chi connectivity index (χ3v) is 5.61. The summed E-state index contributed by atoms with van der Waals surface area (Å²) < 4.78 is 38.0. The van der Waals surface area contributed by atoms with Gasteiger partial charge >= 0.3 is 0 Å². The highest BCUT2D eigenvalue weighted by molar-refractivity contribution is 5.17. The molecule has 0 aromatic heterocycles. The number of halogens is 3. The molecule has 0 heterocycles. The molecule has 1 saturated carbocycles. The molecule has 1 fully saturated rings. The van der Waals surface area contributed by atoms with Crippen LogP contribution in [-0.2, 0) is 6.42 Å². The van der Waals surface area contributed by atoms with E-state index in [4.69, 9.17) is 0 Å². The lowest BCUT2D eigenvalue weighted by atomic mass is 9.77. The number of hydrogen-bond donors (Lipinski definition) is 0. The minimum Gasteiger partial charge on any atom is -0.216 e. The van der Waals surface area contributed by atoms with Gasteiger partial charge < -0.3 is 0 Å². The summed E-state index contributed by atoms with van der Waals surface area (Å²) in [4.78, 5) is 0. The number of rotatable bonds is 10. The van der Waals surface area contributed by atoms with Crippen molar-refractivity contribution in [2.45, 2.75) is 77.0 Å². The summed E-state index contributed by atoms with van der Waals surface area (Å²) in [7, 11) is 0. The summed E-state index contributed by atoms with van der Waals surface area (Å²) in [6, 6.07) is 4.27. The Kier molecular flexibility index (Phi) is 9.14. The van der Waals surface area contributed by atoms with E-state index in [1.54, 1.807) is 12.1 Å². The van der Waals surface area contributed by atoms with Gasteiger partial charge in [0.05, 0.1) is 6.33 Å². The van der Waals surface area contributed by atoms with E-state index < -0.39 is 11.6 Å². The van der Waals surface area contributed by atoms with Gasteiger partial charge in [0.1, 0.15) is 0 Å². The fourth-order valence-electron chi connectivity index (χ4n) is 3.99. The molecule has 0 radical (unpaired) electrons. The molecule has 0 saturated heterocycles. The van der Waals surface area contributed by atoms with E-state index in [0.29, 0.717) is 6.33 Å². The topological polar surface area (TPSA) is 0 Å². The molecule has 2 rings (SSSR count). The van der Waals surface area contributed by atoms with E-state index in [9.17, 15) is 13.2 Å². The Labute approximate surface area is 150 Å². The predicted octanol–water partition coefficient (Wildman–Crippen LogP) is 7.53. The Morgan fingerprint density at radius 2 is 1.52 bits per heavy atom. The molecule has 0 nitrogen and oxygen atoms in total. The van der Waals surface area contributed by atoms with Crippen LogP contribution in [0.25, 0.3) is 0 Å². The number of benzene rings is 1. The first kappa shape index (κ1) is 20.1. The van der Waals surface area contributed by atoms with Crippen LogP contribution in [-0.4, -0.2) is 0 Å². The van der Waals surface area contributed by atoms with E-state index in [0.717, 1.165) is 43.1 Å². The highest BCUT2D eigenvalue weighted by atomic mass is 19.2. The summed E-state index contributed by atoms with van der Waals surface area (Å²) in [6.45, 7) is 0. The van der Waals surface area contributed by atoms with Gasteiger partial charge in [0.15, 0.2) is 11.6 Å². The largest absolute Gasteiger partial charge is 0.216 e. The Bertz CT molecular complexity index is 516. The Balaban J connectivity index is 1.54. The highest BCUT2D eigenvalue weighted by Gasteiger charge is 2.20. The number of unbranched alkanes of at least 4 members (excludes halogenated alkanes) is 4. The molecular weight excluding hydrogens is 321 g/mol. The summed E-state index contributed by atoms with van der Waals surface area (Å²) in [5.41, 5.74) is 0.906. The number of hydrogen-bond acceptors (Lipinski definition) is 0. The molecular formula is C22H31F3. The van der Waals surface area contributed by atoms with Gasteiger partial charge in [-0.3, -0.25) is 0 Å². The van der Waals surface area contributed by atoms with Crippen LogP contribution in [0, 0.1) is 23.5 Å². The van der Waals surface area contributed by atoms with Gasteiger partial charge in [-0.1, -0.05) is 63.5 Å². The maximum Gasteiger partial charge on any atom is 0.159 e. The van der Waals surface area contributed by atoms with Crippen molar-refractivity contribution in [3.05, 3.63) is 47.8 Å².